The Morgan fingerprint density at radius 3 is 2.29 bits per heavy atom. The molecule has 1 aliphatic carbocycles. The molecule has 1 aliphatic rings. The summed E-state index contributed by atoms with van der Waals surface area (Å²) in [6.45, 7) is 14.5. The molecule has 0 atom stereocenters. The lowest BCUT2D eigenvalue weighted by Crippen LogP contribution is -2.46. The van der Waals surface area contributed by atoms with Crippen LogP contribution in [0.25, 0.3) is 0 Å². The van der Waals surface area contributed by atoms with Crippen molar-refractivity contribution in [2.45, 2.75) is 46.1 Å². The fourth-order valence-electron chi connectivity index (χ4n) is 3.38. The molecule has 0 spiro atoms. The van der Waals surface area contributed by atoms with E-state index in [-0.39, 0.29) is 0 Å². The van der Waals surface area contributed by atoms with Crippen LogP contribution in [-0.2, 0) is 0 Å². The Kier molecular flexibility index (Phi) is 4.36. The fourth-order valence-corrected chi connectivity index (χ4v) is 10.2. The molecule has 0 aromatic heterocycles. The van der Waals surface area contributed by atoms with Crippen molar-refractivity contribution in [1.82, 2.24) is 0 Å². The highest BCUT2D eigenvalue weighted by Gasteiger charge is 2.36. The van der Waals surface area contributed by atoms with E-state index in [1.807, 2.05) is 0 Å². The molecule has 21 heavy (non-hydrogen) atoms. The molecule has 1 nitrogen and oxygen atoms in total. The van der Waals surface area contributed by atoms with Gasteiger partial charge in [-0.05, 0) is 24.1 Å². The minimum atomic E-state index is -1.69. The van der Waals surface area contributed by atoms with Crippen molar-refractivity contribution in [1.29, 1.82) is 0 Å². The largest absolute Gasteiger partial charge is 0.497 e. The van der Waals surface area contributed by atoms with Crippen LogP contribution >= 0.6 is 0 Å². The highest BCUT2D eigenvalue weighted by molar-refractivity contribution is 6.98. The number of methoxy groups -OCH3 is 1. The van der Waals surface area contributed by atoms with Gasteiger partial charge in [-0.3, -0.25) is 0 Å². The minimum absolute atomic E-state index is 1.10. The Labute approximate surface area is 131 Å². The van der Waals surface area contributed by atoms with Crippen LogP contribution in [0.2, 0.25) is 32.7 Å². The number of allylic oxidation sites excluding steroid dienone is 4. The van der Waals surface area contributed by atoms with Crippen molar-refractivity contribution in [2.75, 3.05) is 7.11 Å². The number of rotatable bonds is 4. The van der Waals surface area contributed by atoms with E-state index in [0.717, 1.165) is 12.2 Å². The van der Waals surface area contributed by atoms with Crippen molar-refractivity contribution in [3.8, 4) is 5.75 Å². The summed E-state index contributed by atoms with van der Waals surface area (Å²) in [6.07, 6.45) is 5.90. The summed E-state index contributed by atoms with van der Waals surface area (Å²) in [5.41, 5.74) is 1.25. The highest BCUT2D eigenvalue weighted by Crippen LogP contribution is 2.35. The second-order valence-electron chi connectivity index (χ2n) is 7.53. The number of benzene rings is 1. The molecule has 2 rings (SSSR count). The summed E-state index contributed by atoms with van der Waals surface area (Å²) in [5, 5.41) is 4.83. The molecule has 0 heterocycles. The van der Waals surface area contributed by atoms with E-state index in [0.29, 0.717) is 0 Å². The zero-order chi connectivity index (χ0) is 15.8. The molecule has 1 aromatic rings. The predicted molar refractivity (Wildman–Crippen MR) is 99.0 cm³/mol. The first-order valence-electron chi connectivity index (χ1n) is 7.74. The second-order valence-corrected chi connectivity index (χ2v) is 17.0. The lowest BCUT2D eigenvalue weighted by molar-refractivity contribution is 0.415. The minimum Gasteiger partial charge on any atom is -0.497 e. The van der Waals surface area contributed by atoms with Crippen molar-refractivity contribution in [3.05, 3.63) is 46.3 Å². The summed E-state index contributed by atoms with van der Waals surface area (Å²) in [7, 11) is -1.17. The van der Waals surface area contributed by atoms with E-state index in [4.69, 9.17) is 4.74 Å². The normalized spacial score (nSPS) is 15.8. The van der Waals surface area contributed by atoms with E-state index in [2.05, 4.69) is 70.0 Å². The van der Waals surface area contributed by atoms with Crippen LogP contribution in [0.1, 0.15) is 12.0 Å². The molecule has 0 aliphatic heterocycles. The van der Waals surface area contributed by atoms with Crippen molar-refractivity contribution in [2.24, 2.45) is 0 Å². The molecule has 0 saturated carbocycles. The van der Waals surface area contributed by atoms with Gasteiger partial charge in [0.15, 0.2) is 0 Å². The van der Waals surface area contributed by atoms with Crippen LogP contribution in [-0.4, -0.2) is 23.3 Å². The maximum atomic E-state index is 5.75. The topological polar surface area (TPSA) is 9.23 Å². The van der Waals surface area contributed by atoms with Crippen LogP contribution in [0.4, 0.5) is 0 Å². The van der Waals surface area contributed by atoms with Crippen LogP contribution < -0.4 is 9.92 Å². The lowest BCUT2D eigenvalue weighted by Gasteiger charge is -2.32. The van der Waals surface area contributed by atoms with Gasteiger partial charge in [0, 0.05) is 0 Å². The Bertz CT molecular complexity index is 604. The molecule has 0 N–H and O–H groups in total. The quantitative estimate of drug-likeness (QED) is 0.738. The van der Waals surface area contributed by atoms with E-state index >= 15 is 0 Å². The molecule has 0 saturated heterocycles. The first-order valence-corrected chi connectivity index (χ1v) is 14.2. The molecular weight excluding hydrogens is 288 g/mol. The zero-order valence-corrected chi connectivity index (χ0v) is 16.5. The molecule has 0 bridgehead atoms. The van der Waals surface area contributed by atoms with Gasteiger partial charge in [0.05, 0.1) is 15.2 Å². The van der Waals surface area contributed by atoms with Crippen molar-refractivity contribution in [3.63, 3.8) is 0 Å². The van der Waals surface area contributed by atoms with Crippen LogP contribution in [0, 0.1) is 6.92 Å². The number of hydrogen-bond donors (Lipinski definition) is 0. The SMILES string of the molecule is COc1c(C)cccc1[Si](C)(C)C1=C([Si](C)(C)C)C=CC1. The summed E-state index contributed by atoms with van der Waals surface area (Å²) < 4.78 is 5.75. The van der Waals surface area contributed by atoms with E-state index < -0.39 is 16.1 Å². The zero-order valence-electron chi connectivity index (χ0n) is 14.5. The molecule has 1 aromatic carbocycles. The first kappa shape index (κ1) is 16.3. The molecule has 114 valence electrons. The Morgan fingerprint density at radius 2 is 1.71 bits per heavy atom. The van der Waals surface area contributed by atoms with Gasteiger partial charge in [0.25, 0.3) is 0 Å². The van der Waals surface area contributed by atoms with Crippen molar-refractivity contribution < 1.29 is 4.74 Å². The summed E-state index contributed by atoms with van der Waals surface area (Å²) in [4.78, 5) is 0. The molecular formula is C18H28OSi2. The average molecular weight is 317 g/mol. The fraction of sp³-hybridized carbons (Fsp3) is 0.444. The highest BCUT2D eigenvalue weighted by atomic mass is 28.3. The predicted octanol–water partition coefficient (Wildman–Crippen LogP) is 4.59. The van der Waals surface area contributed by atoms with Gasteiger partial charge in [-0.1, -0.05) is 73.5 Å². The van der Waals surface area contributed by atoms with Gasteiger partial charge in [0.2, 0.25) is 0 Å². The number of para-hydroxylation sites is 1. The van der Waals surface area contributed by atoms with Gasteiger partial charge in [0.1, 0.15) is 13.8 Å². The van der Waals surface area contributed by atoms with Crippen LogP contribution in [0.3, 0.4) is 0 Å². The Hall–Kier alpha value is -1.07. The molecule has 0 fully saturated rings. The smallest absolute Gasteiger partial charge is 0.121 e. The number of hydrogen-bond acceptors (Lipinski definition) is 1. The first-order chi connectivity index (χ1) is 9.69. The maximum absolute atomic E-state index is 5.75. The molecule has 0 amide bonds. The van der Waals surface area contributed by atoms with Crippen LogP contribution in [0.15, 0.2) is 40.7 Å². The molecule has 0 radical (unpaired) electrons. The third-order valence-corrected chi connectivity index (χ3v) is 10.6. The van der Waals surface area contributed by atoms with E-state index in [1.54, 1.807) is 17.5 Å². The summed E-state index contributed by atoms with van der Waals surface area (Å²) in [6, 6.07) is 6.61. The van der Waals surface area contributed by atoms with Gasteiger partial charge in [-0.2, -0.15) is 0 Å². The van der Waals surface area contributed by atoms with Gasteiger partial charge in [-0.15, -0.1) is 0 Å². The van der Waals surface area contributed by atoms with Crippen molar-refractivity contribution >= 4 is 21.3 Å². The summed E-state index contributed by atoms with van der Waals surface area (Å²) >= 11 is 0. The standard InChI is InChI=1S/C18H28OSi2/c1-14-10-8-13-17(18(14)19-2)21(6,7)16-12-9-11-15(16)20(3,4)5/h8-11,13H,12H2,1-7H3. The Balaban J connectivity index is 2.61. The van der Waals surface area contributed by atoms with E-state index in [1.165, 1.54) is 10.8 Å². The van der Waals surface area contributed by atoms with Gasteiger partial charge in [-0.25, -0.2) is 0 Å². The molecule has 3 heteroatoms. The monoisotopic (exact) mass is 316 g/mol. The average Bonchev–Trinajstić information content (AvgIpc) is 2.88. The number of aryl methyl sites for hydroxylation is 1. The third-order valence-electron chi connectivity index (χ3n) is 4.58. The third kappa shape index (κ3) is 2.95. The van der Waals surface area contributed by atoms with Gasteiger partial charge < -0.3 is 4.74 Å². The van der Waals surface area contributed by atoms with Crippen LogP contribution in [0.5, 0.6) is 5.75 Å². The molecule has 0 unspecified atom stereocenters. The number of ether oxygens (including phenoxy) is 1. The second kappa shape index (κ2) is 5.61. The summed E-state index contributed by atoms with van der Waals surface area (Å²) in [5.74, 6) is 1.10. The Morgan fingerprint density at radius 1 is 1.05 bits per heavy atom. The maximum Gasteiger partial charge on any atom is 0.121 e. The van der Waals surface area contributed by atoms with E-state index in [9.17, 15) is 0 Å². The van der Waals surface area contributed by atoms with Gasteiger partial charge >= 0.3 is 0 Å². The lowest BCUT2D eigenvalue weighted by atomic mass is 10.2.